The molecule has 3 nitrogen and oxygen atoms in total. The Labute approximate surface area is 125 Å². The molecule has 0 bridgehead atoms. The van der Waals surface area contributed by atoms with Gasteiger partial charge in [0.05, 0.1) is 19.6 Å². The lowest BCUT2D eigenvalue weighted by molar-refractivity contribution is -0.141. The molecular formula is C16H25NO2S. The number of carbonyl (C=O) groups is 1. The highest BCUT2D eigenvalue weighted by atomic mass is 32.1. The van der Waals surface area contributed by atoms with Crippen LogP contribution in [0.15, 0.2) is 17.5 Å². The highest BCUT2D eigenvalue weighted by Crippen LogP contribution is 2.32. The van der Waals surface area contributed by atoms with Crippen LogP contribution in [0.4, 0.5) is 0 Å². The van der Waals surface area contributed by atoms with Gasteiger partial charge in [0.25, 0.3) is 0 Å². The van der Waals surface area contributed by atoms with E-state index in [1.165, 1.54) is 31.2 Å². The first-order valence-corrected chi connectivity index (χ1v) is 8.36. The van der Waals surface area contributed by atoms with E-state index >= 15 is 0 Å². The molecule has 4 heteroatoms. The molecule has 112 valence electrons. The van der Waals surface area contributed by atoms with Crippen LogP contribution in [0, 0.1) is 11.8 Å². The van der Waals surface area contributed by atoms with Gasteiger partial charge in [0.2, 0.25) is 0 Å². The summed E-state index contributed by atoms with van der Waals surface area (Å²) in [7, 11) is 1.46. The van der Waals surface area contributed by atoms with E-state index in [0.717, 1.165) is 5.92 Å². The van der Waals surface area contributed by atoms with Crippen LogP contribution in [0.25, 0.3) is 0 Å². The fraction of sp³-hybridized carbons (Fsp3) is 0.688. The third-order valence-electron chi connectivity index (χ3n) is 4.61. The molecule has 0 aliphatic heterocycles. The van der Waals surface area contributed by atoms with Crippen molar-refractivity contribution in [2.75, 3.05) is 7.11 Å². The van der Waals surface area contributed by atoms with E-state index in [1.807, 2.05) is 6.07 Å². The molecule has 2 rings (SSSR count). The Morgan fingerprint density at radius 2 is 2.30 bits per heavy atom. The minimum absolute atomic E-state index is 0.0835. The Kier molecular flexibility index (Phi) is 5.61. The first-order chi connectivity index (χ1) is 9.61. The van der Waals surface area contributed by atoms with Crippen LogP contribution in [0.5, 0.6) is 0 Å². The van der Waals surface area contributed by atoms with Crippen LogP contribution in [-0.2, 0) is 9.53 Å². The van der Waals surface area contributed by atoms with E-state index < -0.39 is 0 Å². The number of hydrogen-bond acceptors (Lipinski definition) is 4. The Morgan fingerprint density at radius 1 is 1.50 bits per heavy atom. The van der Waals surface area contributed by atoms with Crippen LogP contribution in [-0.4, -0.2) is 19.1 Å². The van der Waals surface area contributed by atoms with Gasteiger partial charge in [-0.2, -0.15) is 0 Å². The first-order valence-electron chi connectivity index (χ1n) is 7.48. The minimum atomic E-state index is -0.146. The van der Waals surface area contributed by atoms with E-state index in [2.05, 4.69) is 30.6 Å². The summed E-state index contributed by atoms with van der Waals surface area (Å²) in [6, 6.07) is 4.72. The molecule has 1 fully saturated rings. The second-order valence-electron chi connectivity index (χ2n) is 5.89. The standard InChI is InChI=1S/C16H25NO2S/c1-11-6-4-7-13(12(11)2)17-14(10-16(18)19-3)15-8-5-9-20-15/h5,8-9,11-14,17H,4,6-7,10H2,1-3H3. The normalized spacial score (nSPS) is 28.1. The monoisotopic (exact) mass is 295 g/mol. The van der Waals surface area contributed by atoms with E-state index in [4.69, 9.17) is 4.74 Å². The molecule has 4 atom stereocenters. The summed E-state index contributed by atoms with van der Waals surface area (Å²) in [5.41, 5.74) is 0. The molecule has 1 heterocycles. The predicted molar refractivity (Wildman–Crippen MR) is 82.8 cm³/mol. The maximum Gasteiger partial charge on any atom is 0.307 e. The zero-order valence-corrected chi connectivity index (χ0v) is 13.4. The average molecular weight is 295 g/mol. The number of hydrogen-bond donors (Lipinski definition) is 1. The molecule has 20 heavy (non-hydrogen) atoms. The number of methoxy groups -OCH3 is 1. The molecular weight excluding hydrogens is 270 g/mol. The summed E-state index contributed by atoms with van der Waals surface area (Å²) in [6.07, 6.45) is 4.21. The topological polar surface area (TPSA) is 38.3 Å². The Bertz CT molecular complexity index is 418. The SMILES string of the molecule is COC(=O)CC(NC1CCCC(C)C1C)c1cccs1. The van der Waals surface area contributed by atoms with Crippen molar-refractivity contribution >= 4 is 17.3 Å². The number of thiophene rings is 1. The smallest absolute Gasteiger partial charge is 0.307 e. The molecule has 1 N–H and O–H groups in total. The third kappa shape index (κ3) is 3.83. The van der Waals surface area contributed by atoms with Gasteiger partial charge < -0.3 is 10.1 Å². The summed E-state index contributed by atoms with van der Waals surface area (Å²) in [4.78, 5) is 12.9. The fourth-order valence-electron chi connectivity index (χ4n) is 3.06. The summed E-state index contributed by atoms with van der Waals surface area (Å²) in [5.74, 6) is 1.26. The van der Waals surface area contributed by atoms with Gasteiger partial charge in [-0.05, 0) is 29.7 Å². The summed E-state index contributed by atoms with van der Waals surface area (Å²) < 4.78 is 4.84. The van der Waals surface area contributed by atoms with Crippen LogP contribution in [0.2, 0.25) is 0 Å². The Balaban J connectivity index is 2.05. The number of nitrogens with one attached hydrogen (secondary N) is 1. The summed E-state index contributed by atoms with van der Waals surface area (Å²) in [5, 5.41) is 5.78. The third-order valence-corrected chi connectivity index (χ3v) is 5.59. The largest absolute Gasteiger partial charge is 0.469 e. The van der Waals surface area contributed by atoms with Gasteiger partial charge in [0.1, 0.15) is 0 Å². The zero-order valence-electron chi connectivity index (χ0n) is 12.6. The Morgan fingerprint density at radius 3 is 2.95 bits per heavy atom. The molecule has 0 aromatic carbocycles. The van der Waals surface area contributed by atoms with Crippen molar-refractivity contribution in [1.29, 1.82) is 0 Å². The lowest BCUT2D eigenvalue weighted by Gasteiger charge is -2.37. The molecule has 4 unspecified atom stereocenters. The maximum absolute atomic E-state index is 11.6. The predicted octanol–water partition coefficient (Wildman–Crippen LogP) is 3.77. The maximum atomic E-state index is 11.6. The van der Waals surface area contributed by atoms with Crippen molar-refractivity contribution in [1.82, 2.24) is 5.32 Å². The summed E-state index contributed by atoms with van der Waals surface area (Å²) in [6.45, 7) is 4.66. The second kappa shape index (κ2) is 7.23. The van der Waals surface area contributed by atoms with Crippen molar-refractivity contribution in [3.63, 3.8) is 0 Å². The van der Waals surface area contributed by atoms with Gasteiger partial charge in [0, 0.05) is 10.9 Å². The minimum Gasteiger partial charge on any atom is -0.469 e. The lowest BCUT2D eigenvalue weighted by atomic mass is 9.77. The van der Waals surface area contributed by atoms with Gasteiger partial charge in [-0.15, -0.1) is 11.3 Å². The van der Waals surface area contributed by atoms with Crippen molar-refractivity contribution < 1.29 is 9.53 Å². The quantitative estimate of drug-likeness (QED) is 0.840. The first kappa shape index (κ1) is 15.5. The Hall–Kier alpha value is -0.870. The lowest BCUT2D eigenvalue weighted by Crippen LogP contribution is -2.42. The van der Waals surface area contributed by atoms with Crippen LogP contribution in [0.1, 0.15) is 50.4 Å². The molecule has 1 aliphatic carbocycles. The molecule has 1 aromatic heterocycles. The van der Waals surface area contributed by atoms with Crippen molar-refractivity contribution in [2.45, 2.75) is 51.6 Å². The van der Waals surface area contributed by atoms with Gasteiger partial charge in [-0.3, -0.25) is 4.79 Å². The molecule has 1 aromatic rings. The van der Waals surface area contributed by atoms with Crippen LogP contribution >= 0.6 is 11.3 Å². The highest BCUT2D eigenvalue weighted by Gasteiger charge is 2.30. The number of carbonyl (C=O) groups excluding carboxylic acids is 1. The van der Waals surface area contributed by atoms with Crippen molar-refractivity contribution in [3.8, 4) is 0 Å². The molecule has 1 aliphatic rings. The molecule has 0 spiro atoms. The van der Waals surface area contributed by atoms with Gasteiger partial charge in [-0.25, -0.2) is 0 Å². The number of esters is 1. The molecule has 1 saturated carbocycles. The zero-order chi connectivity index (χ0) is 14.5. The average Bonchev–Trinajstić information content (AvgIpc) is 2.96. The van der Waals surface area contributed by atoms with Crippen LogP contribution < -0.4 is 5.32 Å². The van der Waals surface area contributed by atoms with Crippen molar-refractivity contribution in [2.24, 2.45) is 11.8 Å². The van der Waals surface area contributed by atoms with Crippen LogP contribution in [0.3, 0.4) is 0 Å². The molecule has 0 saturated heterocycles. The van der Waals surface area contributed by atoms with Crippen molar-refractivity contribution in [3.05, 3.63) is 22.4 Å². The number of ether oxygens (including phenoxy) is 1. The van der Waals surface area contributed by atoms with E-state index in [0.29, 0.717) is 18.4 Å². The fourth-order valence-corrected chi connectivity index (χ4v) is 3.84. The van der Waals surface area contributed by atoms with Gasteiger partial charge in [0.15, 0.2) is 0 Å². The van der Waals surface area contributed by atoms with E-state index in [-0.39, 0.29) is 12.0 Å². The number of rotatable bonds is 5. The van der Waals surface area contributed by atoms with Gasteiger partial charge in [-0.1, -0.05) is 32.8 Å². The second-order valence-corrected chi connectivity index (χ2v) is 6.87. The highest BCUT2D eigenvalue weighted by molar-refractivity contribution is 7.10. The van der Waals surface area contributed by atoms with E-state index in [1.54, 1.807) is 11.3 Å². The van der Waals surface area contributed by atoms with Gasteiger partial charge >= 0.3 is 5.97 Å². The molecule has 0 radical (unpaired) electrons. The van der Waals surface area contributed by atoms with E-state index in [9.17, 15) is 4.79 Å². The molecule has 0 amide bonds. The summed E-state index contributed by atoms with van der Waals surface area (Å²) >= 11 is 1.70.